The van der Waals surface area contributed by atoms with Gasteiger partial charge in [-0.15, -0.1) is 0 Å². The molecule has 1 aromatic rings. The highest BCUT2D eigenvalue weighted by molar-refractivity contribution is 5.71. The molecule has 1 fully saturated rings. The molecule has 2 nitrogen and oxygen atoms in total. The molecule has 0 atom stereocenters. The van der Waals surface area contributed by atoms with Crippen LogP contribution in [0.4, 0.5) is 4.39 Å². The smallest absolute Gasteiger partial charge is 0.306 e. The minimum absolute atomic E-state index is 0.177. The fourth-order valence-electron chi connectivity index (χ4n) is 2.10. The quantitative estimate of drug-likeness (QED) is 0.828. The van der Waals surface area contributed by atoms with E-state index in [-0.39, 0.29) is 11.7 Å². The molecule has 0 heterocycles. The van der Waals surface area contributed by atoms with E-state index < -0.39 is 5.97 Å². The van der Waals surface area contributed by atoms with Gasteiger partial charge in [0.2, 0.25) is 0 Å². The van der Waals surface area contributed by atoms with Crippen molar-refractivity contribution in [2.75, 3.05) is 0 Å². The summed E-state index contributed by atoms with van der Waals surface area (Å²) in [6, 6.07) is 6.52. The van der Waals surface area contributed by atoms with Gasteiger partial charge < -0.3 is 5.11 Å². The van der Waals surface area contributed by atoms with E-state index in [1.807, 2.05) is 6.07 Å². The lowest BCUT2D eigenvalue weighted by Gasteiger charge is -2.32. The van der Waals surface area contributed by atoms with Gasteiger partial charge in [-0.2, -0.15) is 0 Å². The first kappa shape index (κ1) is 10.1. The fraction of sp³-hybridized carbons (Fsp3) is 0.417. The van der Waals surface area contributed by atoms with Gasteiger partial charge in [0.1, 0.15) is 5.82 Å². The maximum Gasteiger partial charge on any atom is 0.306 e. The molecular weight excluding hydrogens is 195 g/mol. The Kier molecular flexibility index (Phi) is 2.71. The molecule has 2 rings (SSSR count). The summed E-state index contributed by atoms with van der Waals surface area (Å²) >= 11 is 0. The van der Waals surface area contributed by atoms with Gasteiger partial charge in [-0.25, -0.2) is 4.39 Å². The van der Waals surface area contributed by atoms with Crippen LogP contribution >= 0.6 is 0 Å². The van der Waals surface area contributed by atoms with E-state index in [9.17, 15) is 9.18 Å². The second-order valence-corrected chi connectivity index (χ2v) is 4.21. The summed E-state index contributed by atoms with van der Waals surface area (Å²) in [7, 11) is 0. The van der Waals surface area contributed by atoms with Crippen molar-refractivity contribution in [3.05, 3.63) is 35.6 Å². The van der Waals surface area contributed by atoms with E-state index in [1.165, 1.54) is 12.1 Å². The van der Waals surface area contributed by atoms with Crippen molar-refractivity contribution in [2.45, 2.75) is 19.3 Å². The van der Waals surface area contributed by atoms with Gasteiger partial charge in [0.25, 0.3) is 0 Å². The first-order valence-electron chi connectivity index (χ1n) is 5.12. The van der Waals surface area contributed by atoms with Crippen LogP contribution in [0.1, 0.15) is 18.4 Å². The van der Waals surface area contributed by atoms with Gasteiger partial charge in [0.05, 0.1) is 5.92 Å². The Morgan fingerprint density at radius 2 is 2.20 bits per heavy atom. The molecule has 1 aliphatic carbocycles. The van der Waals surface area contributed by atoms with Crippen LogP contribution < -0.4 is 0 Å². The summed E-state index contributed by atoms with van der Waals surface area (Å²) in [5, 5.41) is 8.70. The molecule has 15 heavy (non-hydrogen) atoms. The van der Waals surface area contributed by atoms with Crippen molar-refractivity contribution in [1.29, 1.82) is 0 Å². The minimum Gasteiger partial charge on any atom is -0.481 e. The van der Waals surface area contributed by atoms with Crippen molar-refractivity contribution in [2.24, 2.45) is 11.8 Å². The van der Waals surface area contributed by atoms with Gasteiger partial charge in [0, 0.05) is 0 Å². The second kappa shape index (κ2) is 4.01. The zero-order valence-corrected chi connectivity index (χ0v) is 8.32. The van der Waals surface area contributed by atoms with Gasteiger partial charge in [-0.1, -0.05) is 12.1 Å². The number of rotatable bonds is 3. The van der Waals surface area contributed by atoms with Crippen molar-refractivity contribution >= 4 is 5.97 Å². The molecular formula is C12H13FO2. The number of carboxylic acid groups (broad SMARTS) is 1. The van der Waals surface area contributed by atoms with Crippen LogP contribution in [0.15, 0.2) is 24.3 Å². The predicted molar refractivity (Wildman–Crippen MR) is 54.0 cm³/mol. The van der Waals surface area contributed by atoms with E-state index in [2.05, 4.69) is 0 Å². The summed E-state index contributed by atoms with van der Waals surface area (Å²) in [4.78, 5) is 10.6. The Hall–Kier alpha value is -1.38. The maximum atomic E-state index is 12.9. The second-order valence-electron chi connectivity index (χ2n) is 4.21. The Balaban J connectivity index is 1.87. The summed E-state index contributed by atoms with van der Waals surface area (Å²) in [6.45, 7) is 0. The molecule has 0 aromatic heterocycles. The van der Waals surface area contributed by atoms with Crippen molar-refractivity contribution in [1.82, 2.24) is 0 Å². The number of hydrogen-bond acceptors (Lipinski definition) is 1. The number of halogens is 1. The molecule has 3 heteroatoms. The topological polar surface area (TPSA) is 37.3 Å². The summed E-state index contributed by atoms with van der Waals surface area (Å²) in [5.41, 5.74) is 0.962. The van der Waals surface area contributed by atoms with E-state index >= 15 is 0 Å². The van der Waals surface area contributed by atoms with Crippen LogP contribution in [0.3, 0.4) is 0 Å². The van der Waals surface area contributed by atoms with Gasteiger partial charge in [0.15, 0.2) is 0 Å². The van der Waals surface area contributed by atoms with Gasteiger partial charge >= 0.3 is 5.97 Å². The Morgan fingerprint density at radius 1 is 1.47 bits per heavy atom. The summed E-state index contributed by atoms with van der Waals surface area (Å²) in [6.07, 6.45) is 2.25. The molecule has 80 valence electrons. The third kappa shape index (κ3) is 2.35. The zero-order valence-electron chi connectivity index (χ0n) is 8.32. The highest BCUT2D eigenvalue weighted by atomic mass is 19.1. The van der Waals surface area contributed by atoms with E-state index in [4.69, 9.17) is 5.11 Å². The van der Waals surface area contributed by atoms with Crippen LogP contribution in [-0.4, -0.2) is 11.1 Å². The average Bonchev–Trinajstić information content (AvgIpc) is 2.10. The molecule has 1 aromatic carbocycles. The molecule has 0 bridgehead atoms. The number of benzene rings is 1. The number of aliphatic carboxylic acids is 1. The van der Waals surface area contributed by atoms with E-state index in [1.54, 1.807) is 6.07 Å². The molecule has 1 saturated carbocycles. The van der Waals surface area contributed by atoms with Crippen LogP contribution in [0.25, 0.3) is 0 Å². The molecule has 0 saturated heterocycles. The molecule has 0 spiro atoms. The molecule has 0 amide bonds. The number of hydrogen-bond donors (Lipinski definition) is 1. The van der Waals surface area contributed by atoms with Crippen LogP contribution in [-0.2, 0) is 11.2 Å². The Morgan fingerprint density at radius 3 is 2.80 bits per heavy atom. The van der Waals surface area contributed by atoms with Crippen molar-refractivity contribution in [3.8, 4) is 0 Å². The van der Waals surface area contributed by atoms with E-state index in [0.29, 0.717) is 5.92 Å². The molecule has 1 aliphatic rings. The van der Waals surface area contributed by atoms with Crippen molar-refractivity contribution in [3.63, 3.8) is 0 Å². The third-order valence-electron chi connectivity index (χ3n) is 3.00. The average molecular weight is 208 g/mol. The monoisotopic (exact) mass is 208 g/mol. The zero-order chi connectivity index (χ0) is 10.8. The lowest BCUT2D eigenvalue weighted by molar-refractivity contribution is -0.146. The SMILES string of the molecule is O=C(O)C1CC(Cc2cccc(F)c2)C1. The van der Waals surface area contributed by atoms with Gasteiger partial charge in [-0.05, 0) is 42.9 Å². The highest BCUT2D eigenvalue weighted by Gasteiger charge is 2.34. The van der Waals surface area contributed by atoms with Crippen molar-refractivity contribution < 1.29 is 14.3 Å². The Labute approximate surface area is 87.7 Å². The largest absolute Gasteiger partial charge is 0.481 e. The van der Waals surface area contributed by atoms with Crippen LogP contribution in [0, 0.1) is 17.7 Å². The molecule has 0 unspecified atom stereocenters. The first-order valence-corrected chi connectivity index (χ1v) is 5.12. The van der Waals surface area contributed by atoms with Gasteiger partial charge in [-0.3, -0.25) is 4.79 Å². The standard InChI is InChI=1S/C12H13FO2/c13-11-3-1-2-8(7-11)4-9-5-10(6-9)12(14)15/h1-3,7,9-10H,4-6H2,(H,14,15). The maximum absolute atomic E-state index is 12.9. The third-order valence-corrected chi connectivity index (χ3v) is 3.00. The Bertz CT molecular complexity index is 370. The number of carbonyl (C=O) groups is 1. The lowest BCUT2D eigenvalue weighted by Crippen LogP contribution is -2.31. The summed E-state index contributed by atoms with van der Waals surface area (Å²) < 4.78 is 12.9. The van der Waals surface area contributed by atoms with Crippen LogP contribution in [0.2, 0.25) is 0 Å². The predicted octanol–water partition coefficient (Wildman–Crippen LogP) is 2.48. The fourth-order valence-corrected chi connectivity index (χ4v) is 2.10. The first-order chi connectivity index (χ1) is 7.15. The molecule has 0 radical (unpaired) electrons. The minimum atomic E-state index is -0.703. The molecule has 0 aliphatic heterocycles. The molecule has 1 N–H and O–H groups in total. The van der Waals surface area contributed by atoms with Crippen LogP contribution in [0.5, 0.6) is 0 Å². The lowest BCUT2D eigenvalue weighted by atomic mass is 9.72. The normalized spacial score (nSPS) is 24.6. The summed E-state index contributed by atoms with van der Waals surface area (Å²) in [5.74, 6) is -0.691. The van der Waals surface area contributed by atoms with E-state index in [0.717, 1.165) is 24.8 Å². The number of carboxylic acids is 1. The highest BCUT2D eigenvalue weighted by Crippen LogP contribution is 2.36.